The van der Waals surface area contributed by atoms with E-state index in [-0.39, 0.29) is 17.4 Å². The van der Waals surface area contributed by atoms with Crippen molar-refractivity contribution in [1.82, 2.24) is 0 Å². The molecule has 4 aromatic carbocycles. The summed E-state index contributed by atoms with van der Waals surface area (Å²) >= 11 is 0. The third-order valence-corrected chi connectivity index (χ3v) is 7.54. The SMILES string of the molecule is Cc1cc(/C(O)=C2/C(=O)C(=O)N(c3ccc(C(C)C)cc3)C2c2ccc(OC(C)C)cc2)ccc1OCc1ccccc1. The van der Waals surface area contributed by atoms with Crippen molar-refractivity contribution in [2.75, 3.05) is 4.90 Å². The van der Waals surface area contributed by atoms with Gasteiger partial charge in [-0.1, -0.05) is 68.4 Å². The molecule has 0 saturated carbocycles. The Hall–Kier alpha value is -4.84. The molecule has 1 aliphatic rings. The first-order chi connectivity index (χ1) is 20.6. The minimum absolute atomic E-state index is 0.00107. The van der Waals surface area contributed by atoms with Gasteiger partial charge in [-0.2, -0.15) is 0 Å². The van der Waals surface area contributed by atoms with Crippen molar-refractivity contribution in [2.24, 2.45) is 0 Å². The molecule has 1 unspecified atom stereocenters. The first-order valence-electron chi connectivity index (χ1n) is 14.6. The van der Waals surface area contributed by atoms with E-state index in [4.69, 9.17) is 9.47 Å². The van der Waals surface area contributed by atoms with Crippen LogP contribution in [0.15, 0.2) is 103 Å². The van der Waals surface area contributed by atoms with Crippen molar-refractivity contribution < 1.29 is 24.2 Å². The number of anilines is 1. The molecule has 0 radical (unpaired) electrons. The number of aryl methyl sites for hydroxylation is 1. The standard InChI is InChI=1S/C37H37NO5/c1-23(2)27-11-16-30(17-12-27)38-34(28-13-18-31(19-14-28)43-24(3)4)33(36(40)37(38)41)35(39)29-15-20-32(25(5)21-29)42-22-26-9-7-6-8-10-26/h6-21,23-24,34,39H,22H2,1-5H3/b35-33-. The lowest BCUT2D eigenvalue weighted by Crippen LogP contribution is -2.29. The zero-order chi connectivity index (χ0) is 30.7. The van der Waals surface area contributed by atoms with E-state index in [0.29, 0.717) is 40.8 Å². The Morgan fingerprint density at radius 1 is 0.860 bits per heavy atom. The molecule has 1 saturated heterocycles. The van der Waals surface area contributed by atoms with Gasteiger partial charge < -0.3 is 14.6 Å². The highest BCUT2D eigenvalue weighted by atomic mass is 16.5. The molecule has 6 heteroatoms. The Balaban J connectivity index is 1.55. The van der Waals surface area contributed by atoms with E-state index in [1.807, 2.05) is 99.6 Å². The van der Waals surface area contributed by atoms with Crippen LogP contribution in [0.5, 0.6) is 11.5 Å². The minimum Gasteiger partial charge on any atom is -0.507 e. The zero-order valence-corrected chi connectivity index (χ0v) is 25.2. The lowest BCUT2D eigenvalue weighted by atomic mass is 9.94. The Morgan fingerprint density at radius 3 is 2.14 bits per heavy atom. The zero-order valence-electron chi connectivity index (χ0n) is 25.2. The van der Waals surface area contributed by atoms with Gasteiger partial charge in [0.1, 0.15) is 23.9 Å². The van der Waals surface area contributed by atoms with Crippen molar-refractivity contribution in [3.63, 3.8) is 0 Å². The van der Waals surface area contributed by atoms with Crippen molar-refractivity contribution >= 4 is 23.1 Å². The number of nitrogens with zero attached hydrogens (tertiary/aromatic N) is 1. The topological polar surface area (TPSA) is 76.1 Å². The van der Waals surface area contributed by atoms with Crippen LogP contribution >= 0.6 is 0 Å². The predicted octanol–water partition coefficient (Wildman–Crippen LogP) is 8.11. The number of hydrogen-bond donors (Lipinski definition) is 1. The van der Waals surface area contributed by atoms with Crippen LogP contribution < -0.4 is 14.4 Å². The number of ketones is 1. The van der Waals surface area contributed by atoms with Crippen LogP contribution in [0.4, 0.5) is 5.69 Å². The molecule has 1 heterocycles. The van der Waals surface area contributed by atoms with Gasteiger partial charge in [0.05, 0.1) is 17.7 Å². The average molecular weight is 576 g/mol. The molecule has 6 nitrogen and oxygen atoms in total. The third kappa shape index (κ3) is 6.33. The summed E-state index contributed by atoms with van der Waals surface area (Å²) in [5, 5.41) is 11.6. The molecule has 1 fully saturated rings. The molecule has 4 aromatic rings. The van der Waals surface area contributed by atoms with E-state index in [9.17, 15) is 14.7 Å². The largest absolute Gasteiger partial charge is 0.507 e. The number of carbonyl (C=O) groups is 2. The number of aliphatic hydroxyl groups excluding tert-OH is 1. The van der Waals surface area contributed by atoms with Crippen LogP contribution in [0.3, 0.4) is 0 Å². The second-order valence-electron chi connectivity index (χ2n) is 11.4. The predicted molar refractivity (Wildman–Crippen MR) is 169 cm³/mol. The summed E-state index contributed by atoms with van der Waals surface area (Å²) in [6.07, 6.45) is -0.00107. The van der Waals surface area contributed by atoms with Crippen LogP contribution in [0.2, 0.25) is 0 Å². The summed E-state index contributed by atoms with van der Waals surface area (Å²) in [6.45, 7) is 10.4. The normalized spacial score (nSPS) is 16.3. The molecular weight excluding hydrogens is 538 g/mol. The maximum Gasteiger partial charge on any atom is 0.300 e. The first kappa shape index (κ1) is 29.6. The van der Waals surface area contributed by atoms with Gasteiger partial charge in [-0.3, -0.25) is 14.5 Å². The summed E-state index contributed by atoms with van der Waals surface area (Å²) in [5.74, 6) is 0.00879. The third-order valence-electron chi connectivity index (χ3n) is 7.54. The van der Waals surface area contributed by atoms with Crippen LogP contribution in [0.1, 0.15) is 67.5 Å². The number of Topliss-reactive ketones (excluding diaryl/α,β-unsaturated/α-hetero) is 1. The molecule has 1 aliphatic heterocycles. The van der Waals surface area contributed by atoms with E-state index in [1.165, 1.54) is 4.90 Å². The van der Waals surface area contributed by atoms with E-state index in [1.54, 1.807) is 18.2 Å². The van der Waals surface area contributed by atoms with E-state index >= 15 is 0 Å². The van der Waals surface area contributed by atoms with Crippen molar-refractivity contribution in [3.05, 3.63) is 130 Å². The van der Waals surface area contributed by atoms with Crippen LogP contribution in [-0.4, -0.2) is 22.9 Å². The molecule has 0 spiro atoms. The number of rotatable bonds is 9. The fourth-order valence-corrected chi connectivity index (χ4v) is 5.28. The quantitative estimate of drug-likeness (QED) is 0.124. The van der Waals surface area contributed by atoms with Crippen molar-refractivity contribution in [3.8, 4) is 11.5 Å². The fraction of sp³-hybridized carbons (Fsp3) is 0.243. The van der Waals surface area contributed by atoms with Crippen LogP contribution in [0, 0.1) is 6.92 Å². The van der Waals surface area contributed by atoms with Crippen molar-refractivity contribution in [1.29, 1.82) is 0 Å². The fourth-order valence-electron chi connectivity index (χ4n) is 5.28. The second kappa shape index (κ2) is 12.6. The Bertz CT molecular complexity index is 1640. The second-order valence-corrected chi connectivity index (χ2v) is 11.4. The maximum absolute atomic E-state index is 13.6. The summed E-state index contributed by atoms with van der Waals surface area (Å²) in [4.78, 5) is 28.7. The molecule has 1 N–H and O–H groups in total. The van der Waals surface area contributed by atoms with Crippen LogP contribution in [0.25, 0.3) is 5.76 Å². The Labute approximate surface area is 253 Å². The molecule has 43 heavy (non-hydrogen) atoms. The molecule has 0 aromatic heterocycles. The molecule has 0 aliphatic carbocycles. The number of aliphatic hydroxyl groups is 1. The number of carbonyl (C=O) groups excluding carboxylic acids is 2. The van der Waals surface area contributed by atoms with Gasteiger partial charge in [-0.15, -0.1) is 0 Å². The number of hydrogen-bond acceptors (Lipinski definition) is 5. The summed E-state index contributed by atoms with van der Waals surface area (Å²) in [5.41, 5.74) is 4.70. The van der Waals surface area contributed by atoms with Crippen molar-refractivity contribution in [2.45, 2.75) is 59.3 Å². The van der Waals surface area contributed by atoms with Gasteiger partial charge in [-0.25, -0.2) is 0 Å². The van der Waals surface area contributed by atoms with E-state index in [2.05, 4.69) is 13.8 Å². The monoisotopic (exact) mass is 575 g/mol. The van der Waals surface area contributed by atoms with Crippen LogP contribution in [-0.2, 0) is 16.2 Å². The van der Waals surface area contributed by atoms with E-state index in [0.717, 1.165) is 16.7 Å². The molecule has 1 atom stereocenters. The summed E-state index contributed by atoms with van der Waals surface area (Å²) < 4.78 is 11.8. The highest BCUT2D eigenvalue weighted by molar-refractivity contribution is 6.51. The molecule has 5 rings (SSSR count). The summed E-state index contributed by atoms with van der Waals surface area (Å²) in [6, 6.07) is 29.3. The van der Waals surface area contributed by atoms with E-state index < -0.39 is 17.7 Å². The Kier molecular flexibility index (Phi) is 8.67. The minimum atomic E-state index is -0.827. The van der Waals surface area contributed by atoms with Gasteiger partial charge in [0.25, 0.3) is 11.7 Å². The van der Waals surface area contributed by atoms with Gasteiger partial charge >= 0.3 is 0 Å². The lowest BCUT2D eigenvalue weighted by Gasteiger charge is -2.26. The van der Waals surface area contributed by atoms with Gasteiger partial charge in [0.15, 0.2) is 0 Å². The molecular formula is C37H37NO5. The first-order valence-corrected chi connectivity index (χ1v) is 14.6. The average Bonchev–Trinajstić information content (AvgIpc) is 3.26. The number of benzene rings is 4. The number of amides is 1. The number of ether oxygens (including phenoxy) is 2. The highest BCUT2D eigenvalue weighted by Gasteiger charge is 2.47. The molecule has 0 bridgehead atoms. The lowest BCUT2D eigenvalue weighted by molar-refractivity contribution is -0.132. The van der Waals surface area contributed by atoms with Gasteiger partial charge in [0, 0.05) is 11.3 Å². The smallest absolute Gasteiger partial charge is 0.300 e. The Morgan fingerprint density at radius 2 is 1.53 bits per heavy atom. The van der Waals surface area contributed by atoms with Gasteiger partial charge in [-0.05, 0) is 91.4 Å². The van der Waals surface area contributed by atoms with Gasteiger partial charge in [0.2, 0.25) is 0 Å². The molecule has 220 valence electrons. The summed E-state index contributed by atoms with van der Waals surface area (Å²) in [7, 11) is 0. The molecule has 1 amide bonds. The maximum atomic E-state index is 13.6. The highest BCUT2D eigenvalue weighted by Crippen LogP contribution is 2.43.